The second-order valence-electron chi connectivity index (χ2n) is 3.67. The molecule has 0 aliphatic carbocycles. The van der Waals surface area contributed by atoms with Crippen LogP contribution in [0.5, 0.6) is 11.6 Å². The van der Waals surface area contributed by atoms with Gasteiger partial charge in [-0.2, -0.15) is 0 Å². The second kappa shape index (κ2) is 5.52. The van der Waals surface area contributed by atoms with Crippen LogP contribution in [0.4, 0.5) is 0 Å². The van der Waals surface area contributed by atoms with Gasteiger partial charge in [-0.25, -0.2) is 4.98 Å². The van der Waals surface area contributed by atoms with E-state index in [1.54, 1.807) is 6.20 Å². The van der Waals surface area contributed by atoms with Crippen LogP contribution in [0, 0.1) is 6.92 Å². The number of pyridine rings is 1. The van der Waals surface area contributed by atoms with Crippen LogP contribution in [-0.4, -0.2) is 4.98 Å². The van der Waals surface area contributed by atoms with E-state index in [0.29, 0.717) is 16.7 Å². The largest absolute Gasteiger partial charge is 0.437 e. The molecule has 4 heteroatoms. The Hall–Kier alpha value is -1.06. The molecule has 1 heterocycles. The Morgan fingerprint density at radius 3 is 2.71 bits per heavy atom. The molecule has 17 heavy (non-hydrogen) atoms. The molecule has 0 bridgehead atoms. The van der Waals surface area contributed by atoms with Crippen LogP contribution >= 0.6 is 27.5 Å². The zero-order chi connectivity index (χ0) is 12.3. The highest BCUT2D eigenvalue weighted by molar-refractivity contribution is 9.08. The molecular formula is C13H11BrClNO. The number of alkyl halides is 1. The SMILES string of the molecule is Cc1ccc(Oc2ccc(CBr)cn2)c(Cl)c1. The maximum absolute atomic E-state index is 6.08. The molecule has 2 rings (SSSR count). The lowest BCUT2D eigenvalue weighted by Crippen LogP contribution is -1.90. The molecule has 1 aromatic heterocycles. The standard InChI is InChI=1S/C13H11BrClNO/c1-9-2-4-12(11(15)6-9)17-13-5-3-10(7-14)8-16-13/h2-6,8H,7H2,1H3. The number of ether oxygens (including phenoxy) is 1. The van der Waals surface area contributed by atoms with Crippen molar-refractivity contribution in [3.8, 4) is 11.6 Å². The zero-order valence-electron chi connectivity index (χ0n) is 9.28. The van der Waals surface area contributed by atoms with Crippen LogP contribution in [0.15, 0.2) is 36.5 Å². The molecule has 0 N–H and O–H groups in total. The Balaban J connectivity index is 2.19. The van der Waals surface area contributed by atoms with Gasteiger partial charge in [-0.15, -0.1) is 0 Å². The van der Waals surface area contributed by atoms with Gasteiger partial charge >= 0.3 is 0 Å². The third kappa shape index (κ3) is 3.20. The number of aromatic nitrogens is 1. The lowest BCUT2D eigenvalue weighted by molar-refractivity contribution is 0.463. The van der Waals surface area contributed by atoms with Gasteiger partial charge in [0.1, 0.15) is 5.75 Å². The van der Waals surface area contributed by atoms with Crippen LogP contribution in [0.25, 0.3) is 0 Å². The first-order chi connectivity index (χ1) is 8.19. The Morgan fingerprint density at radius 1 is 1.29 bits per heavy atom. The average Bonchev–Trinajstić information content (AvgIpc) is 2.34. The van der Waals surface area contributed by atoms with E-state index in [9.17, 15) is 0 Å². The quantitative estimate of drug-likeness (QED) is 0.764. The first-order valence-electron chi connectivity index (χ1n) is 5.14. The number of halogens is 2. The number of rotatable bonds is 3. The van der Waals surface area contributed by atoms with Crippen LogP contribution in [0.1, 0.15) is 11.1 Å². The van der Waals surface area contributed by atoms with E-state index in [1.807, 2.05) is 37.3 Å². The summed E-state index contributed by atoms with van der Waals surface area (Å²) in [7, 11) is 0. The number of hydrogen-bond acceptors (Lipinski definition) is 2. The van der Waals surface area contributed by atoms with Crippen molar-refractivity contribution in [3.05, 3.63) is 52.7 Å². The predicted molar refractivity (Wildman–Crippen MR) is 73.1 cm³/mol. The fourth-order valence-corrected chi connectivity index (χ4v) is 1.96. The van der Waals surface area contributed by atoms with Gasteiger partial charge in [0, 0.05) is 17.6 Å². The molecule has 0 spiro atoms. The van der Waals surface area contributed by atoms with Gasteiger partial charge in [-0.05, 0) is 30.2 Å². The van der Waals surface area contributed by atoms with Gasteiger partial charge < -0.3 is 4.74 Å². The monoisotopic (exact) mass is 311 g/mol. The van der Waals surface area contributed by atoms with Crippen LogP contribution in [-0.2, 0) is 5.33 Å². The highest BCUT2D eigenvalue weighted by Crippen LogP contribution is 2.29. The molecule has 88 valence electrons. The topological polar surface area (TPSA) is 22.1 Å². The molecule has 0 radical (unpaired) electrons. The van der Waals surface area contributed by atoms with Gasteiger partial charge in [0.25, 0.3) is 0 Å². The number of hydrogen-bond donors (Lipinski definition) is 0. The molecule has 0 aliphatic heterocycles. The van der Waals surface area contributed by atoms with Gasteiger partial charge in [0.2, 0.25) is 5.88 Å². The Morgan fingerprint density at radius 2 is 2.12 bits per heavy atom. The Kier molecular flexibility index (Phi) is 4.02. The van der Waals surface area contributed by atoms with E-state index in [1.165, 1.54) is 0 Å². The minimum absolute atomic E-state index is 0.542. The number of nitrogens with zero attached hydrogens (tertiary/aromatic N) is 1. The molecule has 0 saturated heterocycles. The van der Waals surface area contributed by atoms with E-state index in [2.05, 4.69) is 20.9 Å². The fraction of sp³-hybridized carbons (Fsp3) is 0.154. The first-order valence-corrected chi connectivity index (χ1v) is 6.64. The Bertz CT molecular complexity index is 513. The molecule has 1 aromatic carbocycles. The van der Waals surface area contributed by atoms with Gasteiger partial charge in [0.05, 0.1) is 5.02 Å². The van der Waals surface area contributed by atoms with Gasteiger partial charge in [-0.1, -0.05) is 39.7 Å². The van der Waals surface area contributed by atoms with Crippen LogP contribution in [0.2, 0.25) is 5.02 Å². The average molecular weight is 313 g/mol. The van der Waals surface area contributed by atoms with Crippen molar-refractivity contribution in [1.29, 1.82) is 0 Å². The molecule has 2 nitrogen and oxygen atoms in total. The lowest BCUT2D eigenvalue weighted by atomic mass is 10.2. The summed E-state index contributed by atoms with van der Waals surface area (Å²) in [5, 5.41) is 1.38. The first kappa shape index (κ1) is 12.4. The summed E-state index contributed by atoms with van der Waals surface area (Å²) in [5.41, 5.74) is 2.21. The molecule has 0 aliphatic rings. The smallest absolute Gasteiger partial charge is 0.219 e. The molecule has 0 saturated carbocycles. The summed E-state index contributed by atoms with van der Waals surface area (Å²) in [6.07, 6.45) is 1.77. The van der Waals surface area contributed by atoms with Crippen molar-refractivity contribution in [3.63, 3.8) is 0 Å². The van der Waals surface area contributed by atoms with E-state index in [0.717, 1.165) is 16.5 Å². The zero-order valence-corrected chi connectivity index (χ0v) is 11.6. The molecule has 2 aromatic rings. The molecule has 0 atom stereocenters. The van der Waals surface area contributed by atoms with Gasteiger partial charge in [0.15, 0.2) is 0 Å². The van der Waals surface area contributed by atoms with E-state index in [-0.39, 0.29) is 0 Å². The molecule has 0 fully saturated rings. The summed E-state index contributed by atoms with van der Waals surface area (Å²) < 4.78 is 5.61. The van der Waals surface area contributed by atoms with E-state index in [4.69, 9.17) is 16.3 Å². The van der Waals surface area contributed by atoms with Crippen molar-refractivity contribution in [2.24, 2.45) is 0 Å². The third-order valence-electron chi connectivity index (χ3n) is 2.25. The minimum atomic E-state index is 0.542. The highest BCUT2D eigenvalue weighted by Gasteiger charge is 2.04. The molecule has 0 unspecified atom stereocenters. The van der Waals surface area contributed by atoms with Crippen molar-refractivity contribution >= 4 is 27.5 Å². The fourth-order valence-electron chi connectivity index (χ4n) is 1.35. The van der Waals surface area contributed by atoms with Crippen LogP contribution in [0.3, 0.4) is 0 Å². The summed E-state index contributed by atoms with van der Waals surface area (Å²) >= 11 is 9.44. The predicted octanol–water partition coefficient (Wildman–Crippen LogP) is 4.73. The minimum Gasteiger partial charge on any atom is -0.437 e. The van der Waals surface area contributed by atoms with Crippen molar-refractivity contribution < 1.29 is 4.74 Å². The summed E-state index contributed by atoms with van der Waals surface area (Å²) in [6.45, 7) is 1.98. The normalized spacial score (nSPS) is 10.3. The summed E-state index contributed by atoms with van der Waals surface area (Å²) in [4.78, 5) is 4.20. The lowest BCUT2D eigenvalue weighted by Gasteiger charge is -2.07. The maximum atomic E-state index is 6.08. The van der Waals surface area contributed by atoms with Crippen LogP contribution < -0.4 is 4.74 Å². The maximum Gasteiger partial charge on any atom is 0.219 e. The van der Waals surface area contributed by atoms with E-state index < -0.39 is 0 Å². The molecular weight excluding hydrogens is 302 g/mol. The summed E-state index contributed by atoms with van der Waals surface area (Å²) in [6, 6.07) is 9.45. The Labute approximate surface area is 114 Å². The van der Waals surface area contributed by atoms with E-state index >= 15 is 0 Å². The highest BCUT2D eigenvalue weighted by atomic mass is 79.9. The van der Waals surface area contributed by atoms with Crippen molar-refractivity contribution in [2.75, 3.05) is 0 Å². The second-order valence-corrected chi connectivity index (χ2v) is 4.64. The number of benzene rings is 1. The number of aryl methyl sites for hydroxylation is 1. The van der Waals surface area contributed by atoms with Gasteiger partial charge in [-0.3, -0.25) is 0 Å². The third-order valence-corrected chi connectivity index (χ3v) is 3.20. The summed E-state index contributed by atoms with van der Waals surface area (Å²) in [5.74, 6) is 1.16. The molecule has 0 amide bonds. The van der Waals surface area contributed by atoms with Crippen molar-refractivity contribution in [1.82, 2.24) is 4.98 Å². The van der Waals surface area contributed by atoms with Crippen molar-refractivity contribution in [2.45, 2.75) is 12.3 Å².